The van der Waals surface area contributed by atoms with Crippen LogP contribution in [0.3, 0.4) is 0 Å². The van der Waals surface area contributed by atoms with Crippen molar-refractivity contribution in [3.8, 4) is 5.75 Å². The van der Waals surface area contributed by atoms with Gasteiger partial charge in [0.05, 0.1) is 41.8 Å². The van der Waals surface area contributed by atoms with Crippen LogP contribution < -0.4 is 4.90 Å². The van der Waals surface area contributed by atoms with Crippen molar-refractivity contribution in [2.45, 2.75) is 20.4 Å². The molecule has 22 heavy (non-hydrogen) atoms. The largest absolute Gasteiger partial charge is 0.506 e. The smallest absolute Gasteiger partial charge is 0.340 e. The fraction of sp³-hybridized carbons (Fsp3) is 0.438. The van der Waals surface area contributed by atoms with Gasteiger partial charge in [0.2, 0.25) is 0 Å². The molecule has 0 saturated carbocycles. The van der Waals surface area contributed by atoms with E-state index in [0.717, 1.165) is 27.1 Å². The molecule has 0 amide bonds. The summed E-state index contributed by atoms with van der Waals surface area (Å²) < 4.78 is 7.80. The Bertz CT molecular complexity index is 735. The first-order valence-corrected chi connectivity index (χ1v) is 8.04. The number of aryl methyl sites for hydroxylation is 1. The first kappa shape index (κ1) is 16.8. The molecule has 2 aromatic rings. The normalized spacial score (nSPS) is 11.4. The number of carbonyl (C=O) groups excluding carboxylic acids is 1. The molecular weight excluding hydrogens is 348 g/mol. The number of ether oxygens (including phenoxy) is 1. The fourth-order valence-electron chi connectivity index (χ4n) is 2.73. The van der Waals surface area contributed by atoms with Crippen LogP contribution in [-0.2, 0) is 18.3 Å². The van der Waals surface area contributed by atoms with Crippen molar-refractivity contribution in [2.75, 3.05) is 20.7 Å². The predicted octanol–water partition coefficient (Wildman–Crippen LogP) is 1.78. The number of rotatable bonds is 4. The molecule has 5 nitrogen and oxygen atoms in total. The van der Waals surface area contributed by atoms with Gasteiger partial charge in [-0.25, -0.2) is 4.79 Å². The molecule has 0 aliphatic heterocycles. The van der Waals surface area contributed by atoms with Crippen LogP contribution in [0.2, 0.25) is 0 Å². The van der Waals surface area contributed by atoms with Crippen LogP contribution in [0.5, 0.6) is 5.75 Å². The number of carbonyl (C=O) groups is 1. The van der Waals surface area contributed by atoms with Gasteiger partial charge in [0.15, 0.2) is 0 Å². The van der Waals surface area contributed by atoms with E-state index in [9.17, 15) is 9.90 Å². The van der Waals surface area contributed by atoms with Crippen LogP contribution in [0.1, 0.15) is 28.5 Å². The number of hydrogen-bond acceptors (Lipinski definition) is 3. The molecule has 6 heteroatoms. The van der Waals surface area contributed by atoms with Crippen molar-refractivity contribution in [1.29, 1.82) is 0 Å². The number of aromatic nitrogens is 1. The molecule has 0 saturated heterocycles. The van der Waals surface area contributed by atoms with E-state index in [4.69, 9.17) is 4.74 Å². The number of nitrogens with one attached hydrogen (secondary N) is 1. The standard InChI is InChI=1S/C16H21BrN2O3/c1-6-22-16(21)13-9(2)19(5)12-7-11(17)15(20)10(14(12)13)8-18(3)4/h7,20H,6,8H2,1-5H3/p+1. The van der Waals surface area contributed by atoms with Crippen molar-refractivity contribution in [1.82, 2.24) is 4.57 Å². The Hall–Kier alpha value is -1.53. The van der Waals surface area contributed by atoms with Crippen molar-refractivity contribution < 1.29 is 19.5 Å². The third-order valence-electron chi connectivity index (χ3n) is 3.82. The van der Waals surface area contributed by atoms with E-state index in [1.54, 1.807) is 6.92 Å². The van der Waals surface area contributed by atoms with Gasteiger partial charge in [-0.3, -0.25) is 0 Å². The van der Waals surface area contributed by atoms with Gasteiger partial charge in [-0.05, 0) is 35.8 Å². The van der Waals surface area contributed by atoms with E-state index in [0.29, 0.717) is 23.2 Å². The van der Waals surface area contributed by atoms with Crippen molar-refractivity contribution in [3.63, 3.8) is 0 Å². The number of esters is 1. The first-order valence-electron chi connectivity index (χ1n) is 7.25. The monoisotopic (exact) mass is 369 g/mol. The highest BCUT2D eigenvalue weighted by Crippen LogP contribution is 2.38. The number of aromatic hydroxyl groups is 1. The number of nitrogens with zero attached hydrogens (tertiary/aromatic N) is 1. The van der Waals surface area contributed by atoms with Gasteiger partial charge in [-0.1, -0.05) is 0 Å². The van der Waals surface area contributed by atoms with Crippen LogP contribution in [0.4, 0.5) is 0 Å². The van der Waals surface area contributed by atoms with Gasteiger partial charge in [-0.2, -0.15) is 0 Å². The second-order valence-corrected chi connectivity index (χ2v) is 6.56. The Morgan fingerprint density at radius 3 is 2.64 bits per heavy atom. The molecule has 0 bridgehead atoms. The topological polar surface area (TPSA) is 55.9 Å². The number of fused-ring (bicyclic) bond motifs is 1. The minimum absolute atomic E-state index is 0.185. The van der Waals surface area contributed by atoms with Gasteiger partial charge >= 0.3 is 5.97 Å². The van der Waals surface area contributed by atoms with E-state index >= 15 is 0 Å². The maximum Gasteiger partial charge on any atom is 0.340 e. The van der Waals surface area contributed by atoms with E-state index in [1.165, 1.54) is 0 Å². The van der Waals surface area contributed by atoms with Crippen molar-refractivity contribution >= 4 is 32.8 Å². The molecule has 0 atom stereocenters. The number of hydrogen-bond donors (Lipinski definition) is 2. The Labute approximate surface area is 138 Å². The molecule has 0 unspecified atom stereocenters. The molecule has 2 N–H and O–H groups in total. The number of halogens is 1. The third kappa shape index (κ3) is 2.73. The Balaban J connectivity index is 2.87. The SMILES string of the molecule is CCOC(=O)c1c(C)n(C)c2cc(Br)c(O)c(C[NH+](C)C)c12. The van der Waals surface area contributed by atoms with E-state index in [-0.39, 0.29) is 11.7 Å². The summed E-state index contributed by atoms with van der Waals surface area (Å²) in [5, 5.41) is 11.2. The lowest BCUT2D eigenvalue weighted by molar-refractivity contribution is -0.872. The van der Waals surface area contributed by atoms with E-state index < -0.39 is 0 Å². The third-order valence-corrected chi connectivity index (χ3v) is 4.42. The van der Waals surface area contributed by atoms with Gasteiger partial charge < -0.3 is 19.3 Å². The van der Waals surface area contributed by atoms with Crippen LogP contribution in [0.25, 0.3) is 10.9 Å². The summed E-state index contributed by atoms with van der Waals surface area (Å²) in [6, 6.07) is 1.84. The Morgan fingerprint density at radius 2 is 2.09 bits per heavy atom. The summed E-state index contributed by atoms with van der Waals surface area (Å²) in [4.78, 5) is 13.5. The molecule has 2 rings (SSSR count). The molecule has 0 spiro atoms. The van der Waals surface area contributed by atoms with Crippen molar-refractivity contribution in [3.05, 3.63) is 27.4 Å². The highest BCUT2D eigenvalue weighted by molar-refractivity contribution is 9.10. The van der Waals surface area contributed by atoms with E-state index in [2.05, 4.69) is 15.9 Å². The lowest BCUT2D eigenvalue weighted by Crippen LogP contribution is -3.04. The lowest BCUT2D eigenvalue weighted by Gasteiger charge is -2.13. The average Bonchev–Trinajstić information content (AvgIpc) is 2.68. The van der Waals surface area contributed by atoms with Gasteiger partial charge in [0.1, 0.15) is 12.3 Å². The summed E-state index contributed by atoms with van der Waals surface area (Å²) in [7, 11) is 5.92. The maximum absolute atomic E-state index is 12.4. The molecule has 120 valence electrons. The summed E-state index contributed by atoms with van der Waals surface area (Å²) in [6.07, 6.45) is 0. The number of phenols is 1. The zero-order chi connectivity index (χ0) is 16.6. The van der Waals surface area contributed by atoms with Crippen LogP contribution >= 0.6 is 15.9 Å². The van der Waals surface area contributed by atoms with Gasteiger partial charge in [0, 0.05) is 18.1 Å². The molecule has 0 aliphatic rings. The summed E-state index contributed by atoms with van der Waals surface area (Å²) >= 11 is 3.40. The zero-order valence-corrected chi connectivity index (χ0v) is 15.2. The molecule has 1 heterocycles. The highest BCUT2D eigenvalue weighted by Gasteiger charge is 2.26. The number of benzene rings is 1. The fourth-order valence-corrected chi connectivity index (χ4v) is 3.19. The number of quaternary nitrogens is 1. The molecule has 1 aromatic heterocycles. The lowest BCUT2D eigenvalue weighted by atomic mass is 10.0. The Morgan fingerprint density at radius 1 is 1.45 bits per heavy atom. The molecule has 0 radical (unpaired) electrons. The van der Waals surface area contributed by atoms with Crippen LogP contribution in [0.15, 0.2) is 10.5 Å². The quantitative estimate of drug-likeness (QED) is 0.807. The summed E-state index contributed by atoms with van der Waals surface area (Å²) in [5.74, 6) is -0.160. The Kier molecular flexibility index (Phi) is 4.82. The van der Waals surface area contributed by atoms with Gasteiger partial charge in [-0.15, -0.1) is 0 Å². The molecule has 0 fully saturated rings. The molecular formula is C16H22BrN2O3+. The average molecular weight is 370 g/mol. The van der Waals surface area contributed by atoms with Crippen molar-refractivity contribution in [2.24, 2.45) is 7.05 Å². The first-order chi connectivity index (χ1) is 10.3. The van der Waals surface area contributed by atoms with E-state index in [1.807, 2.05) is 38.7 Å². The summed E-state index contributed by atoms with van der Waals surface area (Å²) in [6.45, 7) is 4.61. The maximum atomic E-state index is 12.4. The minimum atomic E-state index is -0.345. The molecule has 1 aromatic carbocycles. The van der Waals surface area contributed by atoms with Gasteiger partial charge in [0.25, 0.3) is 0 Å². The molecule has 0 aliphatic carbocycles. The minimum Gasteiger partial charge on any atom is -0.506 e. The highest BCUT2D eigenvalue weighted by atomic mass is 79.9. The zero-order valence-electron chi connectivity index (χ0n) is 13.6. The van der Waals surface area contributed by atoms with Crippen LogP contribution in [0, 0.1) is 6.92 Å². The second-order valence-electron chi connectivity index (χ2n) is 5.70. The second kappa shape index (κ2) is 6.30. The number of phenolic OH excluding ortho intramolecular Hbond substituents is 1. The summed E-state index contributed by atoms with van der Waals surface area (Å²) in [5.41, 5.74) is 3.04. The predicted molar refractivity (Wildman–Crippen MR) is 89.5 cm³/mol. The van der Waals surface area contributed by atoms with Crippen LogP contribution in [-0.4, -0.2) is 36.3 Å².